The van der Waals surface area contributed by atoms with Crippen LogP contribution in [-0.2, 0) is 13.5 Å². The van der Waals surface area contributed by atoms with Crippen molar-refractivity contribution in [1.82, 2.24) is 15.1 Å². The highest BCUT2D eigenvalue weighted by molar-refractivity contribution is 5.38. The Hall–Kier alpha value is -1.88. The molecule has 1 atom stereocenters. The second kappa shape index (κ2) is 6.05. The molecule has 2 aromatic rings. The van der Waals surface area contributed by atoms with Crippen molar-refractivity contribution in [3.8, 4) is 5.75 Å². The Kier molecular flexibility index (Phi) is 4.39. The first-order chi connectivity index (χ1) is 9.56. The number of aromatic nitrogens is 2. The number of likely N-dealkylation sites (N-methyl/N-ethyl adjacent to an activating group) is 1. The van der Waals surface area contributed by atoms with Gasteiger partial charge in [0.15, 0.2) is 0 Å². The standard InChI is InChI=1S/C15H20FN3O/c1-10-8-11(19(3)18-10)9-13(17-2)15-12(16)6-5-7-14(15)20-4/h5-8,13,17H,9H2,1-4H3. The highest BCUT2D eigenvalue weighted by Gasteiger charge is 2.20. The summed E-state index contributed by atoms with van der Waals surface area (Å²) in [6, 6.07) is 6.73. The molecule has 2 rings (SSSR count). The molecule has 5 heteroatoms. The van der Waals surface area contributed by atoms with Crippen molar-refractivity contribution in [2.45, 2.75) is 19.4 Å². The van der Waals surface area contributed by atoms with E-state index in [-0.39, 0.29) is 11.9 Å². The van der Waals surface area contributed by atoms with Gasteiger partial charge >= 0.3 is 0 Å². The highest BCUT2D eigenvalue weighted by atomic mass is 19.1. The summed E-state index contributed by atoms with van der Waals surface area (Å²) in [5.41, 5.74) is 2.56. The Morgan fingerprint density at radius 3 is 2.75 bits per heavy atom. The first-order valence-electron chi connectivity index (χ1n) is 6.56. The zero-order valence-corrected chi connectivity index (χ0v) is 12.3. The van der Waals surface area contributed by atoms with Gasteiger partial charge in [0.1, 0.15) is 11.6 Å². The van der Waals surface area contributed by atoms with Crippen molar-refractivity contribution in [2.24, 2.45) is 7.05 Å². The highest BCUT2D eigenvalue weighted by Crippen LogP contribution is 2.29. The smallest absolute Gasteiger partial charge is 0.131 e. The van der Waals surface area contributed by atoms with E-state index < -0.39 is 0 Å². The maximum absolute atomic E-state index is 14.1. The van der Waals surface area contributed by atoms with Crippen molar-refractivity contribution in [2.75, 3.05) is 14.2 Å². The Morgan fingerprint density at radius 1 is 1.45 bits per heavy atom. The fourth-order valence-electron chi connectivity index (χ4n) is 2.45. The minimum atomic E-state index is -0.261. The van der Waals surface area contributed by atoms with E-state index in [1.165, 1.54) is 6.07 Å². The molecule has 0 spiro atoms. The Balaban J connectivity index is 2.36. The molecule has 0 aliphatic heterocycles. The van der Waals surface area contributed by atoms with Gasteiger partial charge in [0.25, 0.3) is 0 Å². The van der Waals surface area contributed by atoms with Crippen LogP contribution in [0.5, 0.6) is 5.75 Å². The summed E-state index contributed by atoms with van der Waals surface area (Å²) in [5.74, 6) is 0.297. The SMILES string of the molecule is CNC(Cc1cc(C)nn1C)c1c(F)cccc1OC. The van der Waals surface area contributed by atoms with Crippen molar-refractivity contribution in [1.29, 1.82) is 0 Å². The van der Waals surface area contributed by atoms with E-state index in [0.29, 0.717) is 17.7 Å². The molecule has 0 saturated carbocycles. The van der Waals surface area contributed by atoms with Gasteiger partial charge in [-0.05, 0) is 32.2 Å². The Bertz CT molecular complexity index is 595. The maximum atomic E-state index is 14.1. The van der Waals surface area contributed by atoms with Gasteiger partial charge in [0, 0.05) is 30.8 Å². The molecule has 20 heavy (non-hydrogen) atoms. The largest absolute Gasteiger partial charge is 0.496 e. The monoisotopic (exact) mass is 277 g/mol. The van der Waals surface area contributed by atoms with Crippen LogP contribution in [0.4, 0.5) is 4.39 Å². The summed E-state index contributed by atoms with van der Waals surface area (Å²) >= 11 is 0. The molecule has 1 aromatic carbocycles. The Morgan fingerprint density at radius 2 is 2.20 bits per heavy atom. The quantitative estimate of drug-likeness (QED) is 0.912. The molecule has 1 heterocycles. The first kappa shape index (κ1) is 14.5. The number of ether oxygens (including phenoxy) is 1. The zero-order valence-electron chi connectivity index (χ0n) is 12.3. The minimum Gasteiger partial charge on any atom is -0.496 e. The third-order valence-electron chi connectivity index (χ3n) is 3.44. The van der Waals surface area contributed by atoms with Crippen LogP contribution in [0.15, 0.2) is 24.3 Å². The summed E-state index contributed by atoms with van der Waals surface area (Å²) in [7, 11) is 5.27. The molecule has 0 saturated heterocycles. The number of hydrogen-bond donors (Lipinski definition) is 1. The van der Waals surface area contributed by atoms with Gasteiger partial charge in [-0.1, -0.05) is 6.07 Å². The third-order valence-corrected chi connectivity index (χ3v) is 3.44. The number of aryl methyl sites for hydroxylation is 2. The molecule has 1 N–H and O–H groups in total. The number of benzene rings is 1. The second-order valence-corrected chi connectivity index (χ2v) is 4.80. The number of rotatable bonds is 5. The molecule has 0 aliphatic carbocycles. The summed E-state index contributed by atoms with van der Waals surface area (Å²) in [4.78, 5) is 0. The number of hydrogen-bond acceptors (Lipinski definition) is 3. The average molecular weight is 277 g/mol. The molecule has 0 fully saturated rings. The van der Waals surface area contributed by atoms with Gasteiger partial charge in [-0.15, -0.1) is 0 Å². The van der Waals surface area contributed by atoms with Crippen molar-refractivity contribution in [3.63, 3.8) is 0 Å². The zero-order chi connectivity index (χ0) is 14.7. The number of nitrogens with one attached hydrogen (secondary N) is 1. The normalized spacial score (nSPS) is 12.4. The predicted molar refractivity (Wildman–Crippen MR) is 76.4 cm³/mol. The lowest BCUT2D eigenvalue weighted by Crippen LogP contribution is -2.22. The number of halogens is 1. The average Bonchev–Trinajstić information content (AvgIpc) is 2.74. The van der Waals surface area contributed by atoms with E-state index in [2.05, 4.69) is 10.4 Å². The molecule has 108 valence electrons. The topological polar surface area (TPSA) is 39.1 Å². The van der Waals surface area contributed by atoms with Crippen LogP contribution >= 0.6 is 0 Å². The van der Waals surface area contributed by atoms with E-state index >= 15 is 0 Å². The van der Waals surface area contributed by atoms with Crippen LogP contribution in [0.1, 0.15) is 23.0 Å². The van der Waals surface area contributed by atoms with Crippen LogP contribution < -0.4 is 10.1 Å². The molecule has 0 aliphatic rings. The lowest BCUT2D eigenvalue weighted by molar-refractivity contribution is 0.392. The van der Waals surface area contributed by atoms with Crippen LogP contribution in [0, 0.1) is 12.7 Å². The number of methoxy groups -OCH3 is 1. The van der Waals surface area contributed by atoms with Gasteiger partial charge < -0.3 is 10.1 Å². The van der Waals surface area contributed by atoms with Gasteiger partial charge in [-0.25, -0.2) is 4.39 Å². The maximum Gasteiger partial charge on any atom is 0.131 e. The molecule has 0 amide bonds. The van der Waals surface area contributed by atoms with Crippen LogP contribution in [0.2, 0.25) is 0 Å². The second-order valence-electron chi connectivity index (χ2n) is 4.80. The van der Waals surface area contributed by atoms with Gasteiger partial charge in [-0.2, -0.15) is 5.10 Å². The van der Waals surface area contributed by atoms with Gasteiger partial charge in [0.05, 0.1) is 12.8 Å². The fourth-order valence-corrected chi connectivity index (χ4v) is 2.45. The van der Waals surface area contributed by atoms with Gasteiger partial charge in [0.2, 0.25) is 0 Å². The lowest BCUT2D eigenvalue weighted by atomic mass is 10.00. The van der Waals surface area contributed by atoms with Crippen molar-refractivity contribution >= 4 is 0 Å². The summed E-state index contributed by atoms with van der Waals surface area (Å²) in [6.07, 6.45) is 0.644. The molecule has 1 unspecified atom stereocenters. The molecule has 0 bridgehead atoms. The molecule has 1 aromatic heterocycles. The summed E-state index contributed by atoms with van der Waals surface area (Å²) < 4.78 is 21.2. The first-order valence-corrected chi connectivity index (χ1v) is 6.56. The Labute approximate surface area is 118 Å². The molecular formula is C15H20FN3O. The number of nitrogens with zero attached hydrogens (tertiary/aromatic N) is 2. The van der Waals surface area contributed by atoms with E-state index in [0.717, 1.165) is 11.4 Å². The van der Waals surface area contributed by atoms with Crippen LogP contribution in [0.25, 0.3) is 0 Å². The van der Waals surface area contributed by atoms with E-state index in [9.17, 15) is 4.39 Å². The molecular weight excluding hydrogens is 257 g/mol. The lowest BCUT2D eigenvalue weighted by Gasteiger charge is -2.20. The van der Waals surface area contributed by atoms with E-state index in [1.54, 1.807) is 19.2 Å². The fraction of sp³-hybridized carbons (Fsp3) is 0.400. The van der Waals surface area contributed by atoms with Crippen molar-refractivity contribution < 1.29 is 9.13 Å². The molecule has 4 nitrogen and oxygen atoms in total. The summed E-state index contributed by atoms with van der Waals surface area (Å²) in [6.45, 7) is 1.95. The van der Waals surface area contributed by atoms with Gasteiger partial charge in [-0.3, -0.25) is 4.68 Å². The predicted octanol–water partition coefficient (Wildman–Crippen LogP) is 2.38. The van der Waals surface area contributed by atoms with Crippen LogP contribution in [0.3, 0.4) is 0 Å². The third kappa shape index (κ3) is 2.82. The summed E-state index contributed by atoms with van der Waals surface area (Å²) in [5, 5.41) is 7.48. The van der Waals surface area contributed by atoms with Crippen molar-refractivity contribution in [3.05, 3.63) is 47.0 Å². The van der Waals surface area contributed by atoms with E-state index in [4.69, 9.17) is 4.74 Å². The molecule has 0 radical (unpaired) electrons. The van der Waals surface area contributed by atoms with Crippen LogP contribution in [-0.4, -0.2) is 23.9 Å². The minimum absolute atomic E-state index is 0.166. The van der Waals surface area contributed by atoms with E-state index in [1.807, 2.05) is 31.8 Å².